The highest BCUT2D eigenvalue weighted by molar-refractivity contribution is 5.99. The van der Waals surface area contributed by atoms with Crippen molar-refractivity contribution in [3.05, 3.63) is 53.6 Å². The monoisotopic (exact) mass is 278 g/mol. The number of benzene rings is 3. The number of phenols is 2. The van der Waals surface area contributed by atoms with Gasteiger partial charge in [-0.2, -0.15) is 0 Å². The van der Waals surface area contributed by atoms with E-state index in [1.165, 1.54) is 0 Å². The van der Waals surface area contributed by atoms with Crippen molar-refractivity contribution in [2.24, 2.45) is 0 Å². The Morgan fingerprint density at radius 1 is 0.857 bits per heavy atom. The van der Waals surface area contributed by atoms with E-state index in [9.17, 15) is 10.2 Å². The topological polar surface area (TPSA) is 49.7 Å². The van der Waals surface area contributed by atoms with Crippen LogP contribution < -0.4 is 4.74 Å². The smallest absolute Gasteiger partial charge is 0.135 e. The fraction of sp³-hybridized carbons (Fsp3) is 0.111. The largest absolute Gasteiger partial charge is 0.508 e. The van der Waals surface area contributed by atoms with Gasteiger partial charge < -0.3 is 14.9 Å². The summed E-state index contributed by atoms with van der Waals surface area (Å²) in [5, 5.41) is 21.3. The highest BCUT2D eigenvalue weighted by atomic mass is 16.5. The van der Waals surface area contributed by atoms with Gasteiger partial charge in [0.05, 0.1) is 0 Å². The zero-order valence-electron chi connectivity index (χ0n) is 11.6. The first-order valence-corrected chi connectivity index (χ1v) is 6.85. The van der Waals surface area contributed by atoms with Crippen LogP contribution in [0.3, 0.4) is 0 Å². The fourth-order valence-electron chi connectivity index (χ4n) is 3.03. The predicted octanol–water partition coefficient (Wildman–Crippen LogP) is 4.12. The number of hydrogen-bond donors (Lipinski definition) is 2. The molecular formula is C18H14O3. The van der Waals surface area contributed by atoms with Crippen molar-refractivity contribution >= 4 is 10.8 Å². The molecule has 4 rings (SSSR count). The zero-order chi connectivity index (χ0) is 14.6. The van der Waals surface area contributed by atoms with E-state index in [1.54, 1.807) is 24.3 Å². The van der Waals surface area contributed by atoms with Gasteiger partial charge in [-0.1, -0.05) is 6.07 Å². The van der Waals surface area contributed by atoms with E-state index in [4.69, 9.17) is 4.74 Å². The molecule has 1 heterocycles. The Labute approximate surface area is 122 Å². The van der Waals surface area contributed by atoms with Crippen LogP contribution in [0.4, 0.5) is 0 Å². The van der Waals surface area contributed by atoms with Crippen LogP contribution in [-0.4, -0.2) is 10.2 Å². The van der Waals surface area contributed by atoms with Crippen molar-refractivity contribution in [2.75, 3.05) is 0 Å². The molecular weight excluding hydrogens is 264 g/mol. The first-order valence-electron chi connectivity index (χ1n) is 6.85. The highest BCUT2D eigenvalue weighted by Crippen LogP contribution is 2.44. The lowest BCUT2D eigenvalue weighted by Crippen LogP contribution is -2.06. The highest BCUT2D eigenvalue weighted by Gasteiger charge is 2.21. The lowest BCUT2D eigenvalue weighted by Gasteiger charge is -2.23. The Morgan fingerprint density at radius 2 is 1.62 bits per heavy atom. The van der Waals surface area contributed by atoms with Gasteiger partial charge in [-0.15, -0.1) is 0 Å². The maximum atomic E-state index is 9.68. The Kier molecular flexibility index (Phi) is 2.39. The van der Waals surface area contributed by atoms with E-state index in [-0.39, 0.29) is 11.5 Å². The molecule has 3 aromatic rings. The van der Waals surface area contributed by atoms with Crippen LogP contribution in [0.5, 0.6) is 17.2 Å². The molecule has 2 N–H and O–H groups in total. The van der Waals surface area contributed by atoms with Gasteiger partial charge in [0.2, 0.25) is 0 Å². The molecule has 3 nitrogen and oxygen atoms in total. The van der Waals surface area contributed by atoms with Crippen molar-refractivity contribution in [2.45, 2.75) is 13.5 Å². The number of phenolic OH excluding ortho intramolecular Hbond substituents is 2. The lowest BCUT2D eigenvalue weighted by atomic mass is 9.91. The van der Waals surface area contributed by atoms with Crippen molar-refractivity contribution in [3.63, 3.8) is 0 Å². The normalized spacial score (nSPS) is 12.6. The summed E-state index contributed by atoms with van der Waals surface area (Å²) in [4.78, 5) is 0. The quantitative estimate of drug-likeness (QED) is 0.650. The van der Waals surface area contributed by atoms with Gasteiger partial charge in [0.15, 0.2) is 0 Å². The molecule has 0 saturated heterocycles. The Balaban J connectivity index is 2.07. The molecule has 0 aromatic heterocycles. The summed E-state index contributed by atoms with van der Waals surface area (Å²) in [5.41, 5.74) is 4.20. The molecule has 1 aliphatic rings. The lowest BCUT2D eigenvalue weighted by molar-refractivity contribution is 0.305. The molecule has 0 saturated carbocycles. The van der Waals surface area contributed by atoms with Gasteiger partial charge in [0.1, 0.15) is 23.9 Å². The van der Waals surface area contributed by atoms with Gasteiger partial charge in [-0.05, 0) is 59.8 Å². The van der Waals surface area contributed by atoms with Crippen molar-refractivity contribution in [3.8, 4) is 28.4 Å². The molecule has 0 bridgehead atoms. The molecule has 1 aliphatic heterocycles. The second-order valence-electron chi connectivity index (χ2n) is 5.43. The van der Waals surface area contributed by atoms with Crippen LogP contribution in [0.15, 0.2) is 42.5 Å². The molecule has 3 heteroatoms. The molecule has 21 heavy (non-hydrogen) atoms. The maximum absolute atomic E-state index is 9.68. The average Bonchev–Trinajstić information content (AvgIpc) is 2.47. The molecule has 0 radical (unpaired) electrons. The first-order chi connectivity index (χ1) is 10.1. The third-order valence-corrected chi connectivity index (χ3v) is 4.03. The van der Waals surface area contributed by atoms with Crippen molar-refractivity contribution in [1.82, 2.24) is 0 Å². The summed E-state index contributed by atoms with van der Waals surface area (Å²) in [6.45, 7) is 2.46. The molecule has 0 atom stereocenters. The second-order valence-corrected chi connectivity index (χ2v) is 5.43. The van der Waals surface area contributed by atoms with E-state index < -0.39 is 0 Å². The summed E-state index contributed by atoms with van der Waals surface area (Å²) >= 11 is 0. The Hall–Kier alpha value is -2.68. The van der Waals surface area contributed by atoms with Crippen molar-refractivity contribution in [1.29, 1.82) is 0 Å². The molecule has 0 unspecified atom stereocenters. The van der Waals surface area contributed by atoms with E-state index in [2.05, 4.69) is 6.07 Å². The summed E-state index contributed by atoms with van der Waals surface area (Å²) in [6.07, 6.45) is 0. The molecule has 104 valence electrons. The minimum absolute atomic E-state index is 0.253. The zero-order valence-corrected chi connectivity index (χ0v) is 11.6. The average molecular weight is 278 g/mol. The van der Waals surface area contributed by atoms with E-state index in [0.717, 1.165) is 38.8 Å². The van der Waals surface area contributed by atoms with Gasteiger partial charge in [0, 0.05) is 16.5 Å². The predicted molar refractivity (Wildman–Crippen MR) is 81.8 cm³/mol. The third-order valence-electron chi connectivity index (χ3n) is 4.03. The SMILES string of the molecule is Cc1cc2c(c3ccc(O)cc13)OCc1cc(O)ccc1-2. The molecule has 0 aliphatic carbocycles. The molecule has 0 fully saturated rings. The van der Waals surface area contributed by atoms with Gasteiger partial charge in [-0.25, -0.2) is 0 Å². The van der Waals surface area contributed by atoms with Crippen LogP contribution in [0.25, 0.3) is 21.9 Å². The fourth-order valence-corrected chi connectivity index (χ4v) is 3.03. The van der Waals surface area contributed by atoms with E-state index in [1.807, 2.05) is 19.1 Å². The van der Waals surface area contributed by atoms with E-state index in [0.29, 0.717) is 6.61 Å². The number of ether oxygens (including phenoxy) is 1. The number of hydrogen-bond acceptors (Lipinski definition) is 3. The summed E-state index contributed by atoms with van der Waals surface area (Å²) in [5.74, 6) is 1.35. The number of aryl methyl sites for hydroxylation is 1. The summed E-state index contributed by atoms with van der Waals surface area (Å²) in [6, 6.07) is 12.8. The number of aromatic hydroxyl groups is 2. The minimum atomic E-state index is 0.253. The van der Waals surface area contributed by atoms with Gasteiger partial charge in [-0.3, -0.25) is 0 Å². The van der Waals surface area contributed by atoms with Crippen LogP contribution in [0.1, 0.15) is 11.1 Å². The minimum Gasteiger partial charge on any atom is -0.508 e. The van der Waals surface area contributed by atoms with Crippen molar-refractivity contribution < 1.29 is 14.9 Å². The van der Waals surface area contributed by atoms with Gasteiger partial charge in [0.25, 0.3) is 0 Å². The first kappa shape index (κ1) is 12.1. The Morgan fingerprint density at radius 3 is 2.48 bits per heavy atom. The number of rotatable bonds is 0. The summed E-state index contributed by atoms with van der Waals surface area (Å²) in [7, 11) is 0. The van der Waals surface area contributed by atoms with Crippen LogP contribution >= 0.6 is 0 Å². The standard InChI is InChI=1S/C18H14O3/c1-10-6-17-14-4-2-12(19)7-11(14)9-21-18(17)15-5-3-13(20)8-16(10)15/h2-8,19-20H,9H2,1H3. The summed E-state index contributed by atoms with van der Waals surface area (Å²) < 4.78 is 5.92. The molecule has 0 amide bonds. The van der Waals surface area contributed by atoms with Gasteiger partial charge >= 0.3 is 0 Å². The molecule has 3 aromatic carbocycles. The van der Waals surface area contributed by atoms with Crippen LogP contribution in [0.2, 0.25) is 0 Å². The number of fused-ring (bicyclic) bond motifs is 5. The van der Waals surface area contributed by atoms with E-state index >= 15 is 0 Å². The molecule has 0 spiro atoms. The second kappa shape index (κ2) is 4.16. The third kappa shape index (κ3) is 1.74. The van der Waals surface area contributed by atoms with Crippen LogP contribution in [-0.2, 0) is 6.61 Å². The van der Waals surface area contributed by atoms with Crippen LogP contribution in [0, 0.1) is 6.92 Å². The maximum Gasteiger partial charge on any atom is 0.135 e. The Bertz CT molecular complexity index is 881.